The lowest BCUT2D eigenvalue weighted by atomic mass is 10.1. The van der Waals surface area contributed by atoms with Gasteiger partial charge in [0.2, 0.25) is 5.91 Å². The van der Waals surface area contributed by atoms with Gasteiger partial charge in [-0.25, -0.2) is 0 Å². The third-order valence-corrected chi connectivity index (χ3v) is 3.72. The summed E-state index contributed by atoms with van der Waals surface area (Å²) in [6.45, 7) is 4.69. The summed E-state index contributed by atoms with van der Waals surface area (Å²) in [6.07, 6.45) is 2.34. The van der Waals surface area contributed by atoms with Gasteiger partial charge in [-0.3, -0.25) is 4.79 Å². The van der Waals surface area contributed by atoms with E-state index in [1.165, 1.54) is 5.56 Å². The molecule has 2 aromatic rings. The SMILES string of the molecule is CC(C)Oc1cccc(CCCNC(=O)Cc2cccc(Cl)c2)c1. The number of benzene rings is 2. The van der Waals surface area contributed by atoms with Gasteiger partial charge in [-0.2, -0.15) is 0 Å². The van der Waals surface area contributed by atoms with E-state index in [1.54, 1.807) is 6.07 Å². The molecule has 1 amide bonds. The molecule has 0 radical (unpaired) electrons. The fourth-order valence-corrected chi connectivity index (χ4v) is 2.67. The van der Waals surface area contributed by atoms with E-state index < -0.39 is 0 Å². The first kappa shape index (κ1) is 18.3. The number of hydrogen-bond acceptors (Lipinski definition) is 2. The summed E-state index contributed by atoms with van der Waals surface area (Å²) < 4.78 is 5.69. The molecule has 0 spiro atoms. The fraction of sp³-hybridized carbons (Fsp3) is 0.350. The molecule has 0 aliphatic carbocycles. The van der Waals surface area contributed by atoms with Crippen LogP contribution < -0.4 is 10.1 Å². The van der Waals surface area contributed by atoms with Crippen LogP contribution in [-0.2, 0) is 17.6 Å². The summed E-state index contributed by atoms with van der Waals surface area (Å²) in [4.78, 5) is 11.9. The molecule has 0 saturated heterocycles. The number of carbonyl (C=O) groups is 1. The standard InChI is InChI=1S/C20H24ClNO2/c1-15(2)24-19-10-4-6-16(13-19)8-5-11-22-20(23)14-17-7-3-9-18(21)12-17/h3-4,6-7,9-10,12-13,15H,5,8,11,14H2,1-2H3,(H,22,23). The number of ether oxygens (including phenoxy) is 1. The van der Waals surface area contributed by atoms with Crippen LogP contribution in [0.25, 0.3) is 0 Å². The second-order valence-electron chi connectivity index (χ2n) is 6.07. The first-order valence-corrected chi connectivity index (χ1v) is 8.67. The average Bonchev–Trinajstić information content (AvgIpc) is 2.51. The largest absolute Gasteiger partial charge is 0.491 e. The van der Waals surface area contributed by atoms with E-state index in [0.717, 1.165) is 24.2 Å². The first-order chi connectivity index (χ1) is 11.5. The lowest BCUT2D eigenvalue weighted by Gasteiger charge is -2.11. The zero-order chi connectivity index (χ0) is 17.4. The summed E-state index contributed by atoms with van der Waals surface area (Å²) in [6, 6.07) is 15.5. The second kappa shape index (κ2) is 9.33. The number of aryl methyl sites for hydroxylation is 1. The molecule has 0 bridgehead atoms. The molecule has 3 nitrogen and oxygen atoms in total. The van der Waals surface area contributed by atoms with Crippen molar-refractivity contribution in [1.29, 1.82) is 0 Å². The molecule has 0 aromatic heterocycles. The van der Waals surface area contributed by atoms with Crippen molar-refractivity contribution in [3.63, 3.8) is 0 Å². The molecule has 0 atom stereocenters. The summed E-state index contributed by atoms with van der Waals surface area (Å²) in [5, 5.41) is 3.61. The molecule has 0 heterocycles. The van der Waals surface area contributed by atoms with E-state index in [1.807, 2.05) is 44.2 Å². The summed E-state index contributed by atoms with van der Waals surface area (Å²) >= 11 is 5.93. The van der Waals surface area contributed by atoms with Crippen LogP contribution in [0.1, 0.15) is 31.4 Å². The molecule has 24 heavy (non-hydrogen) atoms. The van der Waals surface area contributed by atoms with Gasteiger partial charge in [0.15, 0.2) is 0 Å². The van der Waals surface area contributed by atoms with E-state index >= 15 is 0 Å². The highest BCUT2D eigenvalue weighted by molar-refractivity contribution is 6.30. The maximum absolute atomic E-state index is 11.9. The van der Waals surface area contributed by atoms with E-state index in [4.69, 9.17) is 16.3 Å². The zero-order valence-electron chi connectivity index (χ0n) is 14.2. The lowest BCUT2D eigenvalue weighted by molar-refractivity contribution is -0.120. The van der Waals surface area contributed by atoms with Crippen molar-refractivity contribution in [2.24, 2.45) is 0 Å². The molecule has 2 aromatic carbocycles. The summed E-state index contributed by atoms with van der Waals surface area (Å²) in [5.74, 6) is 0.918. The Labute approximate surface area is 149 Å². The Morgan fingerprint density at radius 2 is 1.88 bits per heavy atom. The Kier molecular flexibility index (Phi) is 7.13. The molecule has 0 fully saturated rings. The number of carbonyl (C=O) groups excluding carboxylic acids is 1. The predicted octanol–water partition coefficient (Wildman–Crippen LogP) is 4.42. The Morgan fingerprint density at radius 3 is 2.62 bits per heavy atom. The summed E-state index contributed by atoms with van der Waals surface area (Å²) in [5.41, 5.74) is 2.15. The molecule has 0 aliphatic heterocycles. The Balaban J connectivity index is 1.71. The Morgan fingerprint density at radius 1 is 1.12 bits per heavy atom. The topological polar surface area (TPSA) is 38.3 Å². The van der Waals surface area contributed by atoms with Crippen molar-refractivity contribution in [3.05, 3.63) is 64.7 Å². The van der Waals surface area contributed by atoms with Crippen LogP contribution in [0.3, 0.4) is 0 Å². The second-order valence-corrected chi connectivity index (χ2v) is 6.51. The molecule has 128 valence electrons. The van der Waals surface area contributed by atoms with Crippen molar-refractivity contribution in [2.75, 3.05) is 6.54 Å². The van der Waals surface area contributed by atoms with Gasteiger partial charge in [0.1, 0.15) is 5.75 Å². The van der Waals surface area contributed by atoms with Gasteiger partial charge in [0.05, 0.1) is 12.5 Å². The lowest BCUT2D eigenvalue weighted by Crippen LogP contribution is -2.26. The zero-order valence-corrected chi connectivity index (χ0v) is 15.0. The van der Waals surface area contributed by atoms with Crippen molar-refractivity contribution >= 4 is 17.5 Å². The molecular weight excluding hydrogens is 322 g/mol. The van der Waals surface area contributed by atoms with Gasteiger partial charge in [0.25, 0.3) is 0 Å². The minimum absolute atomic E-state index is 0.0224. The average molecular weight is 346 g/mol. The van der Waals surface area contributed by atoms with Gasteiger partial charge in [-0.1, -0.05) is 35.9 Å². The molecule has 1 N–H and O–H groups in total. The smallest absolute Gasteiger partial charge is 0.224 e. The Bertz CT molecular complexity index is 670. The van der Waals surface area contributed by atoms with E-state index in [2.05, 4.69) is 17.4 Å². The van der Waals surface area contributed by atoms with Gasteiger partial charge >= 0.3 is 0 Å². The van der Waals surface area contributed by atoms with Crippen LogP contribution in [0.2, 0.25) is 5.02 Å². The highest BCUT2D eigenvalue weighted by atomic mass is 35.5. The molecule has 2 rings (SSSR count). The first-order valence-electron chi connectivity index (χ1n) is 8.29. The Hall–Kier alpha value is -2.00. The van der Waals surface area contributed by atoms with Gasteiger partial charge in [-0.15, -0.1) is 0 Å². The monoisotopic (exact) mass is 345 g/mol. The minimum atomic E-state index is 0.0224. The number of nitrogens with one attached hydrogen (secondary N) is 1. The van der Waals surface area contributed by atoms with Crippen LogP contribution >= 0.6 is 11.6 Å². The van der Waals surface area contributed by atoms with Crippen LogP contribution in [-0.4, -0.2) is 18.6 Å². The third kappa shape index (κ3) is 6.63. The van der Waals surface area contributed by atoms with Crippen molar-refractivity contribution in [2.45, 2.75) is 39.2 Å². The van der Waals surface area contributed by atoms with Crippen LogP contribution in [0.4, 0.5) is 0 Å². The fourth-order valence-electron chi connectivity index (χ4n) is 2.46. The number of hydrogen-bond donors (Lipinski definition) is 1. The van der Waals surface area contributed by atoms with Crippen LogP contribution in [0.15, 0.2) is 48.5 Å². The van der Waals surface area contributed by atoms with Crippen LogP contribution in [0.5, 0.6) is 5.75 Å². The predicted molar refractivity (Wildman–Crippen MR) is 98.7 cm³/mol. The number of halogens is 1. The highest BCUT2D eigenvalue weighted by Crippen LogP contribution is 2.16. The van der Waals surface area contributed by atoms with Crippen molar-refractivity contribution in [1.82, 2.24) is 5.32 Å². The highest BCUT2D eigenvalue weighted by Gasteiger charge is 2.04. The van der Waals surface area contributed by atoms with E-state index in [-0.39, 0.29) is 12.0 Å². The molecule has 4 heteroatoms. The maximum atomic E-state index is 11.9. The summed E-state index contributed by atoms with van der Waals surface area (Å²) in [7, 11) is 0. The maximum Gasteiger partial charge on any atom is 0.224 e. The van der Waals surface area contributed by atoms with Crippen molar-refractivity contribution in [3.8, 4) is 5.75 Å². The van der Waals surface area contributed by atoms with Gasteiger partial charge < -0.3 is 10.1 Å². The van der Waals surface area contributed by atoms with Crippen molar-refractivity contribution < 1.29 is 9.53 Å². The van der Waals surface area contributed by atoms with E-state index in [0.29, 0.717) is 18.0 Å². The van der Waals surface area contributed by atoms with Crippen LogP contribution in [0, 0.1) is 0 Å². The molecule has 0 saturated carbocycles. The molecular formula is C20H24ClNO2. The normalized spacial score (nSPS) is 10.7. The third-order valence-electron chi connectivity index (χ3n) is 3.49. The minimum Gasteiger partial charge on any atom is -0.491 e. The van der Waals surface area contributed by atoms with Gasteiger partial charge in [-0.05, 0) is 62.1 Å². The number of rotatable bonds is 8. The van der Waals surface area contributed by atoms with Gasteiger partial charge in [0, 0.05) is 11.6 Å². The van der Waals surface area contributed by atoms with E-state index in [9.17, 15) is 4.79 Å². The molecule has 0 aliphatic rings. The quantitative estimate of drug-likeness (QED) is 0.719. The molecule has 0 unspecified atom stereocenters. The number of amides is 1.